The number of hydrogen-bond donors (Lipinski definition) is 3. The number of carbonyl (C=O) groups excluding carboxylic acids is 6. The Labute approximate surface area is 410 Å². The van der Waals surface area contributed by atoms with Gasteiger partial charge in [0.2, 0.25) is 12.0 Å². The smallest absolute Gasteiger partial charge is 0.348 e. The molecule has 4 heterocycles. The van der Waals surface area contributed by atoms with Crippen molar-refractivity contribution in [3.05, 3.63) is 76.9 Å². The Hall–Kier alpha value is -5.20. The Bertz CT molecular complexity index is 2250. The maximum atomic E-state index is 15.1. The number of cyclic esters (lactones) is 1. The summed E-state index contributed by atoms with van der Waals surface area (Å²) < 4.78 is 36.0. The first kappa shape index (κ1) is 52.6. The molecule has 4 saturated heterocycles. The van der Waals surface area contributed by atoms with Crippen molar-refractivity contribution in [3.8, 4) is 0 Å². The third kappa shape index (κ3) is 11.9. The molecule has 0 aromatic heterocycles. The SMILES string of the molecule is CCCCCC1(CCCCC)O[C@@H]2[C@H](O1)[C@H]1ON(Cc3ccc(C=CC(=O)O[C@H]4C(=O)OCC4(C)C)cc3)[C@H]3C(=O)O[C@@H]2C[C@@]13C(=O)NCc1cccc(C(=O)N[C@H](CO)CCC(=O)OC(C)(C)C)c1. The molecule has 1 aliphatic carbocycles. The molecule has 2 aromatic carbocycles. The average molecular weight is 974 g/mol. The van der Waals surface area contributed by atoms with E-state index in [9.17, 15) is 29.1 Å². The molecule has 2 aromatic rings. The van der Waals surface area contributed by atoms with E-state index in [2.05, 4.69) is 24.5 Å². The number of aliphatic hydroxyl groups excluding tert-OH is 1. The van der Waals surface area contributed by atoms with Gasteiger partial charge in [-0.05, 0) is 74.9 Å². The molecule has 382 valence electrons. The standard InChI is InChI=1S/C53H71N3O14/c1-8-10-12-25-52(26-13-11-9-2)68-41-38-28-53(49(63)54-29-35-15-14-16-36(27-35)46(60)55-37(31-57)22-24-40(59)67-50(3,4)5)43(47(61)65-38)56(70-44(53)42(41)69-52)30-34-19-17-33(18-20-34)21-23-39(58)66-45-48(62)64-32-51(45,6)7/h14-21,23,27,37-38,41-45,57H,8-13,22,24-26,28-32H2,1-7H3,(H,54,63)(H,55,60)/t37-,38+,41-,42-,43-,44+,45-,53-/m0/s1. The Kier molecular flexibility index (Phi) is 16.6. The van der Waals surface area contributed by atoms with Crippen LogP contribution in [-0.2, 0) is 70.3 Å². The second-order valence-corrected chi connectivity index (χ2v) is 21.1. The van der Waals surface area contributed by atoms with Gasteiger partial charge in [-0.2, -0.15) is 5.06 Å². The number of hydrogen-bond acceptors (Lipinski definition) is 15. The highest BCUT2D eigenvalue weighted by atomic mass is 16.8. The van der Waals surface area contributed by atoms with Crippen molar-refractivity contribution < 1.29 is 67.1 Å². The minimum Gasteiger partial charge on any atom is -0.462 e. The predicted octanol–water partition coefficient (Wildman–Crippen LogP) is 6.16. The molecular formula is C53H71N3O14. The third-order valence-corrected chi connectivity index (χ3v) is 13.8. The van der Waals surface area contributed by atoms with Crippen LogP contribution >= 0.6 is 0 Å². The van der Waals surface area contributed by atoms with Gasteiger partial charge in [0.1, 0.15) is 42.0 Å². The quantitative estimate of drug-likeness (QED) is 0.0521. The zero-order chi connectivity index (χ0) is 50.4. The second-order valence-electron chi connectivity index (χ2n) is 21.1. The van der Waals surface area contributed by atoms with Crippen molar-refractivity contribution in [2.75, 3.05) is 13.2 Å². The van der Waals surface area contributed by atoms with E-state index in [4.69, 9.17) is 33.3 Å². The molecule has 8 atom stereocenters. The van der Waals surface area contributed by atoms with E-state index in [1.54, 1.807) is 77.1 Å². The highest BCUT2D eigenvalue weighted by Gasteiger charge is 2.76. The molecule has 2 bridgehead atoms. The lowest BCUT2D eigenvalue weighted by atomic mass is 9.62. The minimum atomic E-state index is -1.45. The van der Waals surface area contributed by atoms with Crippen molar-refractivity contribution in [1.82, 2.24) is 15.7 Å². The van der Waals surface area contributed by atoms with E-state index < -0.39 is 101 Å². The number of unbranched alkanes of at least 4 members (excludes halogenated alkanes) is 4. The number of benzene rings is 2. The summed E-state index contributed by atoms with van der Waals surface area (Å²) in [4.78, 5) is 86.8. The molecular weight excluding hydrogens is 903 g/mol. The fourth-order valence-electron chi connectivity index (χ4n) is 10.2. The normalized spacial score (nSPS) is 26.8. The Morgan fingerprint density at radius 3 is 2.27 bits per heavy atom. The predicted molar refractivity (Wildman–Crippen MR) is 254 cm³/mol. The highest BCUT2D eigenvalue weighted by Crippen LogP contribution is 2.58. The fraction of sp³-hybridized carbons (Fsp3) is 0.623. The first-order valence-corrected chi connectivity index (χ1v) is 24.9. The highest BCUT2D eigenvalue weighted by molar-refractivity contribution is 5.95. The first-order chi connectivity index (χ1) is 33.3. The second kappa shape index (κ2) is 22.1. The first-order valence-electron chi connectivity index (χ1n) is 24.9. The molecule has 3 N–H and O–H groups in total. The number of carbonyl (C=O) groups is 6. The van der Waals surface area contributed by atoms with Crippen molar-refractivity contribution >= 4 is 41.8 Å². The van der Waals surface area contributed by atoms with E-state index in [1.165, 1.54) is 11.1 Å². The summed E-state index contributed by atoms with van der Waals surface area (Å²) in [6, 6.07) is 12.1. The number of rotatable bonds is 22. The third-order valence-electron chi connectivity index (χ3n) is 13.8. The zero-order valence-corrected chi connectivity index (χ0v) is 41.6. The van der Waals surface area contributed by atoms with Gasteiger partial charge in [-0.3, -0.25) is 24.0 Å². The lowest BCUT2D eigenvalue weighted by Gasteiger charge is -2.48. The van der Waals surface area contributed by atoms with Gasteiger partial charge in [0, 0.05) is 49.3 Å². The van der Waals surface area contributed by atoms with E-state index in [-0.39, 0.29) is 51.1 Å². The molecule has 7 rings (SSSR count). The summed E-state index contributed by atoms with van der Waals surface area (Å²) in [5, 5.41) is 17.4. The van der Waals surface area contributed by atoms with Gasteiger partial charge in [-0.15, -0.1) is 0 Å². The zero-order valence-electron chi connectivity index (χ0n) is 41.6. The van der Waals surface area contributed by atoms with Gasteiger partial charge < -0.3 is 44.2 Å². The molecule has 0 unspecified atom stereocenters. The molecule has 5 aliphatic rings. The van der Waals surface area contributed by atoms with Gasteiger partial charge in [-0.25, -0.2) is 9.59 Å². The molecule has 70 heavy (non-hydrogen) atoms. The largest absolute Gasteiger partial charge is 0.462 e. The van der Waals surface area contributed by atoms with Gasteiger partial charge >= 0.3 is 23.9 Å². The molecule has 17 heteroatoms. The molecule has 17 nitrogen and oxygen atoms in total. The fourth-order valence-corrected chi connectivity index (χ4v) is 10.2. The van der Waals surface area contributed by atoms with Crippen LogP contribution in [0.15, 0.2) is 54.6 Å². The van der Waals surface area contributed by atoms with Crippen LogP contribution in [0.5, 0.6) is 0 Å². The van der Waals surface area contributed by atoms with Crippen LogP contribution < -0.4 is 10.6 Å². The lowest BCUT2D eigenvalue weighted by molar-refractivity contribution is -0.224. The maximum absolute atomic E-state index is 15.1. The van der Waals surface area contributed by atoms with E-state index in [0.717, 1.165) is 44.1 Å². The number of amides is 2. The van der Waals surface area contributed by atoms with Crippen LogP contribution in [-0.4, -0.2) is 113 Å². The van der Waals surface area contributed by atoms with Crippen molar-refractivity contribution in [2.24, 2.45) is 10.8 Å². The van der Waals surface area contributed by atoms with Crippen LogP contribution in [0.4, 0.5) is 0 Å². The summed E-state index contributed by atoms with van der Waals surface area (Å²) in [5.41, 5.74) is -0.428. The Morgan fingerprint density at radius 2 is 1.63 bits per heavy atom. The van der Waals surface area contributed by atoms with Crippen LogP contribution in [0.25, 0.3) is 6.08 Å². The summed E-state index contributed by atoms with van der Waals surface area (Å²) in [5.74, 6) is -4.13. The summed E-state index contributed by atoms with van der Waals surface area (Å²) in [6.07, 6.45) is 6.10. The van der Waals surface area contributed by atoms with E-state index >= 15 is 4.79 Å². The van der Waals surface area contributed by atoms with Crippen LogP contribution in [0.3, 0.4) is 0 Å². The summed E-state index contributed by atoms with van der Waals surface area (Å²) >= 11 is 0. The van der Waals surface area contributed by atoms with Crippen LogP contribution in [0.2, 0.25) is 0 Å². The van der Waals surface area contributed by atoms with Crippen molar-refractivity contribution in [2.45, 2.75) is 186 Å². The molecule has 2 amide bonds. The van der Waals surface area contributed by atoms with Gasteiger partial charge in [0.05, 0.1) is 19.2 Å². The Morgan fingerprint density at radius 1 is 0.929 bits per heavy atom. The van der Waals surface area contributed by atoms with E-state index in [0.29, 0.717) is 24.0 Å². The number of nitrogens with zero attached hydrogens (tertiary/aromatic N) is 1. The molecule has 4 aliphatic heterocycles. The van der Waals surface area contributed by atoms with E-state index in [1.807, 2.05) is 12.1 Å². The topological polar surface area (TPSA) is 215 Å². The van der Waals surface area contributed by atoms with Gasteiger partial charge in [-0.1, -0.05) is 89.8 Å². The molecule has 5 fully saturated rings. The monoisotopic (exact) mass is 973 g/mol. The molecule has 1 saturated carbocycles. The summed E-state index contributed by atoms with van der Waals surface area (Å²) in [7, 11) is 0. The maximum Gasteiger partial charge on any atom is 0.348 e. The van der Waals surface area contributed by atoms with Gasteiger partial charge in [0.25, 0.3) is 5.91 Å². The number of aliphatic hydroxyl groups is 1. The van der Waals surface area contributed by atoms with Crippen LogP contribution in [0.1, 0.15) is 146 Å². The number of esters is 4. The summed E-state index contributed by atoms with van der Waals surface area (Å²) in [6.45, 7) is 13.1. The van der Waals surface area contributed by atoms with Crippen molar-refractivity contribution in [1.29, 1.82) is 0 Å². The molecule has 0 spiro atoms. The lowest BCUT2D eigenvalue weighted by Crippen LogP contribution is -2.69. The van der Waals surface area contributed by atoms with Crippen LogP contribution in [0, 0.1) is 10.8 Å². The number of nitrogens with one attached hydrogen (secondary N) is 2. The van der Waals surface area contributed by atoms with Gasteiger partial charge in [0.15, 0.2) is 11.8 Å². The number of ether oxygens (including phenoxy) is 6. The average Bonchev–Trinajstić information content (AvgIpc) is 3.96. The number of hydroxylamine groups is 2. The number of fused-ring (bicyclic) bond motifs is 4. The van der Waals surface area contributed by atoms with Crippen molar-refractivity contribution in [3.63, 3.8) is 0 Å². The minimum absolute atomic E-state index is 0.0105. The Balaban J connectivity index is 1.10. The molecule has 0 radical (unpaired) electrons.